The van der Waals surface area contributed by atoms with Gasteiger partial charge in [-0.25, -0.2) is 0 Å². The molecule has 0 spiro atoms. The molecule has 0 saturated heterocycles. The van der Waals surface area contributed by atoms with E-state index >= 15 is 0 Å². The van der Waals surface area contributed by atoms with Crippen LogP contribution in [-0.2, 0) is 0 Å². The van der Waals surface area contributed by atoms with Gasteiger partial charge >= 0.3 is 0 Å². The molecular weight excluding hydrogens is 184 g/mol. The van der Waals surface area contributed by atoms with Gasteiger partial charge in [0.15, 0.2) is 0 Å². The first-order chi connectivity index (χ1) is 7.19. The molecule has 15 heavy (non-hydrogen) atoms. The lowest BCUT2D eigenvalue weighted by Crippen LogP contribution is -2.08. The molecule has 1 aromatic rings. The van der Waals surface area contributed by atoms with E-state index in [0.29, 0.717) is 18.3 Å². The molecule has 0 bridgehead atoms. The molecule has 1 aromatic carbocycles. The van der Waals surface area contributed by atoms with E-state index in [2.05, 4.69) is 26.0 Å². The van der Waals surface area contributed by atoms with Crippen molar-refractivity contribution in [2.45, 2.75) is 32.6 Å². The molecule has 0 radical (unpaired) electrons. The molecule has 0 heterocycles. The third-order valence-electron chi connectivity index (χ3n) is 2.98. The highest BCUT2D eigenvalue weighted by Gasteiger charge is 2.17. The summed E-state index contributed by atoms with van der Waals surface area (Å²) in [7, 11) is 0. The maximum atomic E-state index is 8.83. The fraction of sp³-hybridized carbons (Fsp3) is 0.462. The highest BCUT2D eigenvalue weighted by atomic mass is 14.5. The molecule has 80 valence electrons. The summed E-state index contributed by atoms with van der Waals surface area (Å²) >= 11 is 0. The van der Waals surface area contributed by atoms with Gasteiger partial charge in [-0.05, 0) is 29.5 Å². The van der Waals surface area contributed by atoms with Crippen LogP contribution in [0, 0.1) is 17.2 Å². The molecule has 0 amide bonds. The minimum absolute atomic E-state index is 0.309. The van der Waals surface area contributed by atoms with Crippen LogP contribution in [0.15, 0.2) is 24.3 Å². The van der Waals surface area contributed by atoms with Crippen molar-refractivity contribution < 1.29 is 0 Å². The second-order valence-electron chi connectivity index (χ2n) is 4.02. The number of nitriles is 1. The van der Waals surface area contributed by atoms with Gasteiger partial charge in [0.1, 0.15) is 0 Å². The zero-order valence-electron chi connectivity index (χ0n) is 9.40. The standard InChI is InChI=1S/C13H18N2/c1-3-10(2)13(7-8-14)11-5-4-6-12(15)9-11/h4-6,9-10,13H,3,7,15H2,1-2H3. The lowest BCUT2D eigenvalue weighted by molar-refractivity contribution is 0.451. The van der Waals surface area contributed by atoms with Gasteiger partial charge in [0.2, 0.25) is 0 Å². The number of rotatable bonds is 4. The van der Waals surface area contributed by atoms with E-state index in [1.165, 1.54) is 5.56 Å². The average Bonchev–Trinajstić information content (AvgIpc) is 2.25. The van der Waals surface area contributed by atoms with E-state index in [1.807, 2.05) is 18.2 Å². The van der Waals surface area contributed by atoms with Crippen LogP contribution in [0.3, 0.4) is 0 Å². The molecule has 2 N–H and O–H groups in total. The molecule has 2 atom stereocenters. The van der Waals surface area contributed by atoms with E-state index in [9.17, 15) is 0 Å². The van der Waals surface area contributed by atoms with E-state index in [-0.39, 0.29) is 0 Å². The molecule has 2 nitrogen and oxygen atoms in total. The average molecular weight is 202 g/mol. The van der Waals surface area contributed by atoms with Gasteiger partial charge in [-0.1, -0.05) is 32.4 Å². The summed E-state index contributed by atoms with van der Waals surface area (Å²) in [5.74, 6) is 0.829. The number of nitrogens with two attached hydrogens (primary N) is 1. The molecule has 0 aliphatic heterocycles. The number of hydrogen-bond donors (Lipinski definition) is 1. The predicted molar refractivity (Wildman–Crippen MR) is 63.3 cm³/mol. The van der Waals surface area contributed by atoms with Crippen LogP contribution in [0.25, 0.3) is 0 Å². The van der Waals surface area contributed by atoms with Gasteiger partial charge in [-0.15, -0.1) is 0 Å². The third-order valence-corrected chi connectivity index (χ3v) is 2.98. The number of benzene rings is 1. The molecular formula is C13H18N2. The minimum atomic E-state index is 0.309. The maximum Gasteiger partial charge on any atom is 0.0628 e. The number of hydrogen-bond acceptors (Lipinski definition) is 2. The van der Waals surface area contributed by atoms with Crippen LogP contribution in [0.1, 0.15) is 38.2 Å². The Hall–Kier alpha value is -1.49. The van der Waals surface area contributed by atoms with Gasteiger partial charge < -0.3 is 5.73 Å². The molecule has 1 rings (SSSR count). The third kappa shape index (κ3) is 2.99. The molecule has 0 saturated carbocycles. The Kier molecular flexibility index (Phi) is 4.17. The topological polar surface area (TPSA) is 49.8 Å². The van der Waals surface area contributed by atoms with Crippen molar-refractivity contribution in [2.24, 2.45) is 5.92 Å². The first-order valence-electron chi connectivity index (χ1n) is 5.41. The van der Waals surface area contributed by atoms with Crippen molar-refractivity contribution in [3.8, 4) is 6.07 Å². The van der Waals surface area contributed by atoms with E-state index in [0.717, 1.165) is 12.1 Å². The molecule has 2 unspecified atom stereocenters. The summed E-state index contributed by atoms with van der Waals surface area (Å²) in [6.45, 7) is 4.34. The highest BCUT2D eigenvalue weighted by Crippen LogP contribution is 2.30. The zero-order chi connectivity index (χ0) is 11.3. The Morgan fingerprint density at radius 2 is 2.20 bits per heavy atom. The van der Waals surface area contributed by atoms with Crippen LogP contribution in [0.4, 0.5) is 5.69 Å². The zero-order valence-corrected chi connectivity index (χ0v) is 9.40. The van der Waals surface area contributed by atoms with Gasteiger partial charge in [-0.2, -0.15) is 5.26 Å². The van der Waals surface area contributed by atoms with Crippen LogP contribution >= 0.6 is 0 Å². The Morgan fingerprint density at radius 3 is 2.73 bits per heavy atom. The van der Waals surface area contributed by atoms with Crippen molar-refractivity contribution in [3.05, 3.63) is 29.8 Å². The Morgan fingerprint density at radius 1 is 1.47 bits per heavy atom. The lowest BCUT2D eigenvalue weighted by Gasteiger charge is -2.21. The smallest absolute Gasteiger partial charge is 0.0628 e. The summed E-state index contributed by atoms with van der Waals surface area (Å²) in [5, 5.41) is 8.83. The molecule has 0 aromatic heterocycles. The summed E-state index contributed by atoms with van der Waals surface area (Å²) in [4.78, 5) is 0. The number of nitrogen functional groups attached to an aromatic ring is 1. The monoisotopic (exact) mass is 202 g/mol. The summed E-state index contributed by atoms with van der Waals surface area (Å²) in [6, 6.07) is 10.1. The Balaban J connectivity index is 2.94. The normalized spacial score (nSPS) is 14.2. The van der Waals surface area contributed by atoms with Crippen LogP contribution in [0.5, 0.6) is 0 Å². The largest absolute Gasteiger partial charge is 0.399 e. The quantitative estimate of drug-likeness (QED) is 0.761. The van der Waals surface area contributed by atoms with Crippen molar-refractivity contribution in [2.75, 3.05) is 5.73 Å². The molecule has 0 fully saturated rings. The van der Waals surface area contributed by atoms with Crippen molar-refractivity contribution >= 4 is 5.69 Å². The summed E-state index contributed by atoms with van der Waals surface area (Å²) in [6.07, 6.45) is 1.65. The van der Waals surface area contributed by atoms with Crippen molar-refractivity contribution in [3.63, 3.8) is 0 Å². The lowest BCUT2D eigenvalue weighted by atomic mass is 9.83. The minimum Gasteiger partial charge on any atom is -0.399 e. The number of nitrogens with zero attached hydrogens (tertiary/aromatic N) is 1. The van der Waals surface area contributed by atoms with E-state index in [4.69, 9.17) is 11.0 Å². The summed E-state index contributed by atoms with van der Waals surface area (Å²) in [5.41, 5.74) is 7.71. The van der Waals surface area contributed by atoms with Gasteiger partial charge in [0, 0.05) is 12.1 Å². The van der Waals surface area contributed by atoms with Gasteiger partial charge in [0.05, 0.1) is 6.07 Å². The van der Waals surface area contributed by atoms with Gasteiger partial charge in [-0.3, -0.25) is 0 Å². The Bertz CT molecular complexity index is 352. The molecule has 2 heteroatoms. The van der Waals surface area contributed by atoms with E-state index in [1.54, 1.807) is 0 Å². The first kappa shape index (κ1) is 11.6. The summed E-state index contributed by atoms with van der Waals surface area (Å²) < 4.78 is 0. The van der Waals surface area contributed by atoms with Crippen LogP contribution < -0.4 is 5.73 Å². The van der Waals surface area contributed by atoms with Crippen LogP contribution in [0.2, 0.25) is 0 Å². The maximum absolute atomic E-state index is 8.83. The SMILES string of the molecule is CCC(C)C(CC#N)c1cccc(N)c1. The highest BCUT2D eigenvalue weighted by molar-refractivity contribution is 5.42. The first-order valence-corrected chi connectivity index (χ1v) is 5.41. The second kappa shape index (κ2) is 5.41. The van der Waals surface area contributed by atoms with Crippen molar-refractivity contribution in [1.82, 2.24) is 0 Å². The van der Waals surface area contributed by atoms with Gasteiger partial charge in [0.25, 0.3) is 0 Å². The molecule has 0 aliphatic rings. The second-order valence-corrected chi connectivity index (χ2v) is 4.02. The van der Waals surface area contributed by atoms with Crippen molar-refractivity contribution in [1.29, 1.82) is 5.26 Å². The molecule has 0 aliphatic carbocycles. The van der Waals surface area contributed by atoms with E-state index < -0.39 is 0 Å². The van der Waals surface area contributed by atoms with Crippen LogP contribution in [-0.4, -0.2) is 0 Å². The predicted octanol–water partition coefficient (Wildman–Crippen LogP) is 3.31. The number of anilines is 1. The fourth-order valence-electron chi connectivity index (χ4n) is 1.82. The fourth-order valence-corrected chi connectivity index (χ4v) is 1.82. The Labute approximate surface area is 91.7 Å².